The van der Waals surface area contributed by atoms with Crippen molar-refractivity contribution in [1.82, 2.24) is 4.98 Å². The summed E-state index contributed by atoms with van der Waals surface area (Å²) < 4.78 is 0. The predicted octanol–water partition coefficient (Wildman–Crippen LogP) is 2.21. The Morgan fingerprint density at radius 3 is 2.62 bits per heavy atom. The highest BCUT2D eigenvalue weighted by atomic mass is 35.5. The molecule has 0 spiro atoms. The van der Waals surface area contributed by atoms with Gasteiger partial charge in [-0.15, -0.1) is 24.8 Å². The molecular weight excluding hydrogens is 207 g/mol. The lowest BCUT2D eigenvalue weighted by Crippen LogP contribution is -1.92. The Balaban J connectivity index is 0. The van der Waals surface area contributed by atoms with Gasteiger partial charge in [0.2, 0.25) is 0 Å². The van der Waals surface area contributed by atoms with Gasteiger partial charge in [-0.25, -0.2) is 0 Å². The summed E-state index contributed by atoms with van der Waals surface area (Å²) in [5.41, 5.74) is 7.58. The topological polar surface area (TPSA) is 38.9 Å². The molecule has 0 aliphatic rings. The van der Waals surface area contributed by atoms with E-state index < -0.39 is 0 Å². The minimum atomic E-state index is 0. The molecular formula is C9H14Cl2N2. The molecule has 13 heavy (non-hydrogen) atoms. The third-order valence-corrected chi connectivity index (χ3v) is 1.34. The number of aryl methyl sites for hydroxylation is 1. The Morgan fingerprint density at radius 1 is 1.38 bits per heavy atom. The Kier molecular flexibility index (Phi) is 9.24. The number of hydrogen-bond donors (Lipinski definition) is 1. The number of halogens is 2. The third kappa shape index (κ3) is 5.64. The zero-order chi connectivity index (χ0) is 8.10. The van der Waals surface area contributed by atoms with Crippen molar-refractivity contribution in [3.8, 4) is 0 Å². The highest BCUT2D eigenvalue weighted by Crippen LogP contribution is 2.02. The van der Waals surface area contributed by atoms with Crippen LogP contribution in [0.25, 0.3) is 6.08 Å². The average Bonchev–Trinajstić information content (AvgIpc) is 2.01. The molecule has 4 heteroatoms. The van der Waals surface area contributed by atoms with E-state index in [1.54, 1.807) is 0 Å². The van der Waals surface area contributed by atoms with E-state index in [0.717, 1.165) is 5.56 Å². The first-order valence-electron chi connectivity index (χ1n) is 3.61. The van der Waals surface area contributed by atoms with Gasteiger partial charge < -0.3 is 5.73 Å². The van der Waals surface area contributed by atoms with E-state index in [2.05, 4.69) is 11.1 Å². The molecule has 0 aromatic carbocycles. The van der Waals surface area contributed by atoms with Gasteiger partial charge in [-0.3, -0.25) is 4.98 Å². The van der Waals surface area contributed by atoms with Crippen molar-refractivity contribution in [3.63, 3.8) is 0 Å². The first-order valence-corrected chi connectivity index (χ1v) is 3.61. The molecule has 0 unspecified atom stereocenters. The smallest absolute Gasteiger partial charge is 0.0340 e. The van der Waals surface area contributed by atoms with Crippen molar-refractivity contribution >= 4 is 30.9 Å². The van der Waals surface area contributed by atoms with Crippen LogP contribution in [0, 0.1) is 6.92 Å². The summed E-state index contributed by atoms with van der Waals surface area (Å²) >= 11 is 0. The molecule has 2 nitrogen and oxygen atoms in total. The van der Waals surface area contributed by atoms with Gasteiger partial charge in [-0.1, -0.05) is 12.2 Å². The summed E-state index contributed by atoms with van der Waals surface area (Å²) in [4.78, 5) is 4.05. The molecule has 0 amide bonds. The van der Waals surface area contributed by atoms with Crippen molar-refractivity contribution in [2.75, 3.05) is 6.54 Å². The zero-order valence-electron chi connectivity index (χ0n) is 7.43. The van der Waals surface area contributed by atoms with Crippen LogP contribution in [0.4, 0.5) is 0 Å². The molecule has 0 radical (unpaired) electrons. The largest absolute Gasteiger partial charge is 0.327 e. The minimum absolute atomic E-state index is 0. The summed E-state index contributed by atoms with van der Waals surface area (Å²) in [7, 11) is 0. The molecule has 0 saturated carbocycles. The molecule has 0 bridgehead atoms. The van der Waals surface area contributed by atoms with E-state index in [1.165, 1.54) is 5.56 Å². The van der Waals surface area contributed by atoms with E-state index in [-0.39, 0.29) is 24.8 Å². The maximum absolute atomic E-state index is 5.31. The van der Waals surface area contributed by atoms with Crippen molar-refractivity contribution in [2.24, 2.45) is 5.73 Å². The van der Waals surface area contributed by atoms with Crippen LogP contribution in [0.1, 0.15) is 11.1 Å². The van der Waals surface area contributed by atoms with E-state index in [1.807, 2.05) is 31.5 Å². The van der Waals surface area contributed by atoms with Crippen molar-refractivity contribution in [2.45, 2.75) is 6.92 Å². The van der Waals surface area contributed by atoms with Crippen LogP contribution < -0.4 is 5.73 Å². The first kappa shape index (κ1) is 14.9. The summed E-state index contributed by atoms with van der Waals surface area (Å²) in [6.45, 7) is 2.60. The molecule has 1 heterocycles. The lowest BCUT2D eigenvalue weighted by molar-refractivity contribution is 1.24. The van der Waals surface area contributed by atoms with Gasteiger partial charge >= 0.3 is 0 Å². The molecule has 2 N–H and O–H groups in total. The second-order valence-corrected chi connectivity index (χ2v) is 2.43. The summed E-state index contributed by atoms with van der Waals surface area (Å²) in [5.74, 6) is 0. The molecule has 0 atom stereocenters. The molecule has 0 aliphatic carbocycles. The predicted molar refractivity (Wildman–Crippen MR) is 61.6 cm³/mol. The third-order valence-electron chi connectivity index (χ3n) is 1.34. The summed E-state index contributed by atoms with van der Waals surface area (Å²) in [6, 6.07) is 2.07. The van der Waals surface area contributed by atoms with Crippen LogP contribution >= 0.6 is 24.8 Å². The van der Waals surface area contributed by atoms with E-state index >= 15 is 0 Å². The van der Waals surface area contributed by atoms with E-state index in [4.69, 9.17) is 5.73 Å². The molecule has 1 aromatic heterocycles. The Morgan fingerprint density at radius 2 is 2.08 bits per heavy atom. The fourth-order valence-corrected chi connectivity index (χ4v) is 0.874. The van der Waals surface area contributed by atoms with Crippen molar-refractivity contribution in [3.05, 3.63) is 35.7 Å². The van der Waals surface area contributed by atoms with Crippen LogP contribution in [0.2, 0.25) is 0 Å². The Labute approximate surface area is 91.1 Å². The van der Waals surface area contributed by atoms with Crippen LogP contribution in [-0.4, -0.2) is 11.5 Å². The molecule has 0 aliphatic heterocycles. The SMILES string of the molecule is Cc1cncc(C=CCN)c1.Cl.Cl. The fourth-order valence-electron chi connectivity index (χ4n) is 0.874. The Hall–Kier alpha value is -0.570. The second-order valence-electron chi connectivity index (χ2n) is 2.43. The number of hydrogen-bond acceptors (Lipinski definition) is 2. The lowest BCUT2D eigenvalue weighted by atomic mass is 10.2. The van der Waals surface area contributed by atoms with Crippen molar-refractivity contribution < 1.29 is 0 Å². The maximum atomic E-state index is 5.31. The monoisotopic (exact) mass is 220 g/mol. The zero-order valence-corrected chi connectivity index (χ0v) is 9.07. The molecule has 0 saturated heterocycles. The average molecular weight is 221 g/mol. The molecule has 1 aromatic rings. The fraction of sp³-hybridized carbons (Fsp3) is 0.222. The van der Waals surface area contributed by atoms with Gasteiger partial charge in [-0.2, -0.15) is 0 Å². The standard InChI is InChI=1S/C9H12N2.2ClH/c1-8-5-9(3-2-4-10)7-11-6-8;;/h2-3,5-7H,4,10H2,1H3;2*1H. The van der Waals surface area contributed by atoms with Crippen molar-refractivity contribution in [1.29, 1.82) is 0 Å². The molecule has 1 rings (SSSR count). The van der Waals surface area contributed by atoms with Gasteiger partial charge in [0.25, 0.3) is 0 Å². The van der Waals surface area contributed by atoms with Gasteiger partial charge in [0, 0.05) is 18.9 Å². The highest BCUT2D eigenvalue weighted by Gasteiger charge is 1.86. The van der Waals surface area contributed by atoms with Gasteiger partial charge in [0.1, 0.15) is 0 Å². The van der Waals surface area contributed by atoms with Gasteiger partial charge in [0.15, 0.2) is 0 Å². The number of aromatic nitrogens is 1. The maximum Gasteiger partial charge on any atom is 0.0340 e. The Bertz CT molecular complexity index is 262. The normalized spacial score (nSPS) is 9.08. The first-order chi connectivity index (χ1) is 5.33. The second kappa shape index (κ2) is 8.05. The van der Waals surface area contributed by atoms with Gasteiger partial charge in [-0.05, 0) is 24.1 Å². The highest BCUT2D eigenvalue weighted by molar-refractivity contribution is 5.85. The van der Waals surface area contributed by atoms with Crippen LogP contribution in [0.3, 0.4) is 0 Å². The molecule has 74 valence electrons. The minimum Gasteiger partial charge on any atom is -0.327 e. The molecule has 0 fully saturated rings. The van der Waals surface area contributed by atoms with E-state index in [0.29, 0.717) is 6.54 Å². The summed E-state index contributed by atoms with van der Waals surface area (Å²) in [5, 5.41) is 0. The number of pyridine rings is 1. The van der Waals surface area contributed by atoms with Crippen LogP contribution in [0.5, 0.6) is 0 Å². The number of rotatable bonds is 2. The summed E-state index contributed by atoms with van der Waals surface area (Å²) in [6.07, 6.45) is 7.54. The van der Waals surface area contributed by atoms with Crippen LogP contribution in [0.15, 0.2) is 24.5 Å². The number of nitrogens with zero attached hydrogens (tertiary/aromatic N) is 1. The lowest BCUT2D eigenvalue weighted by Gasteiger charge is -1.93. The van der Waals surface area contributed by atoms with Crippen LogP contribution in [-0.2, 0) is 0 Å². The van der Waals surface area contributed by atoms with Gasteiger partial charge in [0.05, 0.1) is 0 Å². The quantitative estimate of drug-likeness (QED) is 0.831. The number of nitrogens with two attached hydrogens (primary N) is 1. The van der Waals surface area contributed by atoms with E-state index in [9.17, 15) is 0 Å².